The van der Waals surface area contributed by atoms with Crippen molar-refractivity contribution in [2.24, 2.45) is 0 Å². The van der Waals surface area contributed by atoms with Crippen LogP contribution in [0.15, 0.2) is 24.3 Å². The smallest absolute Gasteiger partial charge is 0.101 e. The van der Waals surface area contributed by atoms with Crippen molar-refractivity contribution in [2.75, 3.05) is 0 Å². The van der Waals surface area contributed by atoms with Crippen LogP contribution in [-0.4, -0.2) is 13.4 Å². The van der Waals surface area contributed by atoms with E-state index in [-0.39, 0.29) is 5.54 Å². The summed E-state index contributed by atoms with van der Waals surface area (Å²) in [6, 6.07) is 8.45. The van der Waals surface area contributed by atoms with E-state index in [1.165, 1.54) is 16.2 Å². The molecule has 17 heavy (non-hydrogen) atoms. The molecule has 0 bridgehead atoms. The molecule has 1 heterocycles. The van der Waals surface area contributed by atoms with Crippen LogP contribution in [0.3, 0.4) is 0 Å². The maximum Gasteiger partial charge on any atom is 0.101 e. The van der Waals surface area contributed by atoms with E-state index in [9.17, 15) is 0 Å². The van der Waals surface area contributed by atoms with Crippen LogP contribution in [0.25, 0.3) is 10.9 Å². The minimum Gasteiger partial charge on any atom is -0.343 e. The summed E-state index contributed by atoms with van der Waals surface area (Å²) in [5.41, 5.74) is 1.36. The molecule has 0 N–H and O–H groups in total. The molecule has 0 unspecified atom stereocenters. The van der Waals surface area contributed by atoms with Gasteiger partial charge in [0.25, 0.3) is 0 Å². The molecule has 0 saturated carbocycles. The Balaban J connectivity index is 2.86. The van der Waals surface area contributed by atoms with Crippen LogP contribution in [0.4, 0.5) is 0 Å². The Labute approximate surface area is 110 Å². The minimum atomic E-state index is -0.497. The zero-order chi connectivity index (χ0) is 12.8. The van der Waals surface area contributed by atoms with E-state index >= 15 is 0 Å². The number of halogens is 1. The third-order valence-electron chi connectivity index (χ3n) is 2.98. The lowest BCUT2D eigenvalue weighted by Gasteiger charge is -2.27. The molecule has 1 nitrogen and oxygen atoms in total. The van der Waals surface area contributed by atoms with E-state index in [1.807, 2.05) is 12.1 Å². The molecule has 0 fully saturated rings. The highest BCUT2D eigenvalue weighted by Crippen LogP contribution is 2.28. The van der Waals surface area contributed by atoms with Gasteiger partial charge in [-0.15, -0.1) is 0 Å². The van der Waals surface area contributed by atoms with Crippen LogP contribution >= 0.6 is 11.6 Å². The lowest BCUT2D eigenvalue weighted by atomic mass is 10.1. The zero-order valence-electron chi connectivity index (χ0n) is 11.1. The standard InChI is InChI=1S/C14H19ClNSi/c1-14(2,3)16-12-8-6-7-11(15)10(12)9-13(16)17(4)5/h6-9H,1-5H3. The average Bonchev–Trinajstić information content (AvgIpc) is 2.57. The minimum absolute atomic E-state index is 0.101. The molecule has 1 radical (unpaired) electrons. The summed E-state index contributed by atoms with van der Waals surface area (Å²) < 4.78 is 2.45. The van der Waals surface area contributed by atoms with Gasteiger partial charge in [0.05, 0.1) is 0 Å². The first-order valence-corrected chi connectivity index (χ1v) is 8.81. The van der Waals surface area contributed by atoms with E-state index in [2.05, 4.69) is 50.6 Å². The Hall–Kier alpha value is -0.733. The SMILES string of the molecule is C[Si](C)c1cc2c(Cl)cccc2n1C(C)(C)C. The van der Waals surface area contributed by atoms with E-state index in [0.29, 0.717) is 0 Å². The fraction of sp³-hybridized carbons (Fsp3) is 0.429. The molecule has 0 amide bonds. The molecule has 0 spiro atoms. The van der Waals surface area contributed by atoms with Crippen LogP contribution in [0.5, 0.6) is 0 Å². The summed E-state index contributed by atoms with van der Waals surface area (Å²) in [5.74, 6) is 0. The summed E-state index contributed by atoms with van der Waals surface area (Å²) in [6.45, 7) is 11.4. The topological polar surface area (TPSA) is 4.93 Å². The van der Waals surface area contributed by atoms with Crippen molar-refractivity contribution in [1.29, 1.82) is 0 Å². The molecule has 2 rings (SSSR count). The van der Waals surface area contributed by atoms with Crippen molar-refractivity contribution >= 4 is 36.6 Å². The molecule has 1 aromatic carbocycles. The highest BCUT2D eigenvalue weighted by molar-refractivity contribution is 6.70. The van der Waals surface area contributed by atoms with Gasteiger partial charge in [-0.3, -0.25) is 0 Å². The van der Waals surface area contributed by atoms with Gasteiger partial charge in [-0.05, 0) is 39.0 Å². The second-order valence-electron chi connectivity index (χ2n) is 5.71. The average molecular weight is 265 g/mol. The molecule has 0 aliphatic heterocycles. The van der Waals surface area contributed by atoms with Gasteiger partial charge in [-0.2, -0.15) is 0 Å². The van der Waals surface area contributed by atoms with Gasteiger partial charge in [-0.1, -0.05) is 30.8 Å². The number of fused-ring (bicyclic) bond motifs is 1. The summed E-state index contributed by atoms with van der Waals surface area (Å²) in [5, 5.41) is 3.49. The third-order valence-corrected chi connectivity index (χ3v) is 4.70. The number of hydrogen-bond donors (Lipinski definition) is 0. The van der Waals surface area contributed by atoms with Gasteiger partial charge >= 0.3 is 0 Å². The summed E-state index contributed by atoms with van der Waals surface area (Å²) in [7, 11) is -0.497. The largest absolute Gasteiger partial charge is 0.343 e. The maximum absolute atomic E-state index is 6.30. The Bertz CT molecular complexity index is 549. The number of rotatable bonds is 1. The fourth-order valence-electron chi connectivity index (χ4n) is 2.29. The Morgan fingerprint density at radius 3 is 2.35 bits per heavy atom. The van der Waals surface area contributed by atoms with Crippen molar-refractivity contribution in [1.82, 2.24) is 4.57 Å². The summed E-state index contributed by atoms with van der Waals surface area (Å²) >= 11 is 6.30. The van der Waals surface area contributed by atoms with E-state index in [1.54, 1.807) is 0 Å². The molecule has 0 saturated heterocycles. The summed E-state index contributed by atoms with van der Waals surface area (Å²) in [4.78, 5) is 0. The van der Waals surface area contributed by atoms with Crippen LogP contribution < -0.4 is 5.32 Å². The van der Waals surface area contributed by atoms with Crippen LogP contribution in [0, 0.1) is 0 Å². The predicted molar refractivity (Wildman–Crippen MR) is 79.1 cm³/mol. The normalized spacial score (nSPS) is 12.6. The second kappa shape index (κ2) is 4.18. The highest BCUT2D eigenvalue weighted by Gasteiger charge is 2.22. The molecule has 91 valence electrons. The Morgan fingerprint density at radius 2 is 1.82 bits per heavy atom. The quantitative estimate of drug-likeness (QED) is 0.686. The van der Waals surface area contributed by atoms with Gasteiger partial charge in [-0.25, -0.2) is 0 Å². The van der Waals surface area contributed by atoms with Gasteiger partial charge in [0.1, 0.15) is 8.80 Å². The maximum atomic E-state index is 6.30. The van der Waals surface area contributed by atoms with Gasteiger partial charge in [0.2, 0.25) is 0 Å². The fourth-order valence-corrected chi connectivity index (χ4v) is 3.85. The molecule has 0 aliphatic rings. The van der Waals surface area contributed by atoms with Crippen molar-refractivity contribution < 1.29 is 0 Å². The van der Waals surface area contributed by atoms with Crippen LogP contribution in [0.1, 0.15) is 20.8 Å². The number of hydrogen-bond acceptors (Lipinski definition) is 0. The number of nitrogens with zero attached hydrogens (tertiary/aromatic N) is 1. The first-order valence-electron chi connectivity index (χ1n) is 5.93. The molecule has 0 aliphatic carbocycles. The van der Waals surface area contributed by atoms with Gasteiger partial charge in [0.15, 0.2) is 0 Å². The molecule has 1 aromatic heterocycles. The highest BCUT2D eigenvalue weighted by atomic mass is 35.5. The molecule has 2 aromatic rings. The van der Waals surface area contributed by atoms with Crippen LogP contribution in [-0.2, 0) is 5.54 Å². The predicted octanol–water partition coefficient (Wildman–Crippen LogP) is 4.01. The van der Waals surface area contributed by atoms with Crippen molar-refractivity contribution in [3.8, 4) is 0 Å². The Kier molecular flexibility index (Phi) is 3.13. The molecule has 3 heteroatoms. The summed E-state index contributed by atoms with van der Waals surface area (Å²) in [6.07, 6.45) is 0. The first-order chi connectivity index (χ1) is 7.82. The van der Waals surface area contributed by atoms with Crippen molar-refractivity contribution in [2.45, 2.75) is 39.4 Å². The number of benzene rings is 1. The lowest BCUT2D eigenvalue weighted by molar-refractivity contribution is 0.419. The third kappa shape index (κ3) is 2.16. The monoisotopic (exact) mass is 264 g/mol. The molecule has 0 atom stereocenters. The molecular formula is C14H19ClNSi. The lowest BCUT2D eigenvalue weighted by Crippen LogP contribution is -2.38. The van der Waals surface area contributed by atoms with Gasteiger partial charge < -0.3 is 4.57 Å². The van der Waals surface area contributed by atoms with Crippen molar-refractivity contribution in [3.63, 3.8) is 0 Å². The van der Waals surface area contributed by atoms with E-state index in [0.717, 1.165) is 5.02 Å². The molecular weight excluding hydrogens is 246 g/mol. The van der Waals surface area contributed by atoms with E-state index < -0.39 is 8.80 Å². The number of aromatic nitrogens is 1. The second-order valence-corrected chi connectivity index (χ2v) is 8.63. The van der Waals surface area contributed by atoms with Gasteiger partial charge in [0, 0.05) is 26.8 Å². The van der Waals surface area contributed by atoms with Crippen molar-refractivity contribution in [3.05, 3.63) is 29.3 Å². The first kappa shape index (κ1) is 12.7. The Morgan fingerprint density at radius 1 is 1.18 bits per heavy atom. The van der Waals surface area contributed by atoms with Crippen LogP contribution in [0.2, 0.25) is 18.1 Å². The van der Waals surface area contributed by atoms with E-state index in [4.69, 9.17) is 11.6 Å². The zero-order valence-corrected chi connectivity index (χ0v) is 12.9.